The molecule has 0 heterocycles. The molecule has 186 valence electrons. The summed E-state index contributed by atoms with van der Waals surface area (Å²) < 4.78 is 2.29. The van der Waals surface area contributed by atoms with Crippen LogP contribution in [0.5, 0.6) is 0 Å². The molecule has 9 heteroatoms. The van der Waals surface area contributed by atoms with Crippen LogP contribution in [0.2, 0.25) is 0 Å². The van der Waals surface area contributed by atoms with Crippen molar-refractivity contribution in [3.05, 3.63) is 70.3 Å². The molecule has 0 bridgehead atoms. The predicted octanol–water partition coefficient (Wildman–Crippen LogP) is 2.78. The van der Waals surface area contributed by atoms with E-state index in [1.807, 2.05) is 92.6 Å². The second-order valence-corrected chi connectivity index (χ2v) is 18.1. The van der Waals surface area contributed by atoms with Crippen molar-refractivity contribution < 1.29 is 41.0 Å². The van der Waals surface area contributed by atoms with Crippen molar-refractivity contribution in [2.45, 2.75) is 36.3 Å². The van der Waals surface area contributed by atoms with Crippen molar-refractivity contribution in [2.75, 3.05) is 13.8 Å². The van der Waals surface area contributed by atoms with Gasteiger partial charge in [0.15, 0.2) is 0 Å². The van der Waals surface area contributed by atoms with Crippen LogP contribution in [0.25, 0.3) is 0 Å². The molecule has 4 nitrogen and oxygen atoms in total. The van der Waals surface area contributed by atoms with Gasteiger partial charge in [-0.15, -0.1) is 0 Å². The summed E-state index contributed by atoms with van der Waals surface area (Å²) >= 11 is 4.88. The molecule has 0 aromatic heterocycles. The van der Waals surface area contributed by atoms with Gasteiger partial charge >= 0.3 is 211 Å². The van der Waals surface area contributed by atoms with Gasteiger partial charge in [-0.05, 0) is 22.6 Å². The summed E-state index contributed by atoms with van der Waals surface area (Å²) in [7, 11) is 0. The van der Waals surface area contributed by atoms with Crippen LogP contribution in [0.15, 0.2) is 42.5 Å². The van der Waals surface area contributed by atoms with Gasteiger partial charge in [-0.25, -0.2) is 0 Å². The van der Waals surface area contributed by atoms with Crippen LogP contribution >= 0.6 is 88.5 Å². The molecule has 2 N–H and O–H groups in total. The molecule has 0 aliphatic heterocycles. The Morgan fingerprint density at radius 3 is 2.12 bits per heavy atom. The predicted molar refractivity (Wildman–Crippen MR) is 169 cm³/mol. The molecule has 3 rings (SSSR count). The minimum absolute atomic E-state index is 0.0446. The average Bonchev–Trinajstić information content (AvgIpc) is 3.10. The van der Waals surface area contributed by atoms with Crippen LogP contribution < -0.4 is 21.2 Å². The molecule has 0 saturated heterocycles. The first-order valence-electron chi connectivity index (χ1n) is 10.3. The van der Waals surface area contributed by atoms with Gasteiger partial charge in [0.2, 0.25) is 0 Å². The molecule has 0 radical (unpaired) electrons. The number of hydrogen-bond acceptors (Lipinski definition) is 4. The van der Waals surface area contributed by atoms with E-state index in [1.54, 1.807) is 0 Å². The van der Waals surface area contributed by atoms with Gasteiger partial charge in [-0.3, -0.25) is 0 Å². The number of alkyl halides is 6. The minimum atomic E-state index is -1.44. The van der Waals surface area contributed by atoms with Gasteiger partial charge in [-0.1, -0.05) is 22.6 Å². The van der Waals surface area contributed by atoms with E-state index in [-0.39, 0.29) is 41.1 Å². The van der Waals surface area contributed by atoms with Crippen LogP contribution in [0.3, 0.4) is 0 Å². The third-order valence-corrected chi connectivity index (χ3v) is 17.9. The van der Waals surface area contributed by atoms with Gasteiger partial charge < -0.3 is 5.11 Å². The molecule has 2 aromatic rings. The molecule has 0 saturated carbocycles. The summed E-state index contributed by atoms with van der Waals surface area (Å²) in [6.07, 6.45) is 0.871. The van der Waals surface area contributed by atoms with Crippen molar-refractivity contribution in [1.29, 1.82) is 0 Å². The number of rotatable bonds is 9. The fourth-order valence-corrected chi connectivity index (χ4v) is 10.5. The first-order valence-corrected chi connectivity index (χ1v) is 20.3. The van der Waals surface area contributed by atoms with E-state index < -0.39 is 28.4 Å². The van der Waals surface area contributed by atoms with Crippen molar-refractivity contribution in [2.24, 2.45) is 0 Å². The number of ketones is 2. The summed E-state index contributed by atoms with van der Waals surface area (Å²) in [6, 6.07) is 13.4. The first-order chi connectivity index (χ1) is 15.8. The number of carbonyl (C=O) groups excluding carboxylic acids is 2. The summed E-state index contributed by atoms with van der Waals surface area (Å²) in [4.78, 5) is 27.9. The van der Waals surface area contributed by atoms with E-state index >= 15 is 0 Å². The Hall–Kier alpha value is 1.22. The standard InChI is InChI=1S/C25H26I5O4/c1-22(17-8-5-15(6-9-17)21(32)25(34,14-27)30-4)12-23(2,29-3)18-10-7-16(11-19(18)22)20(31)24(28,33)13-26/h5-11,33-34H,3,12-14H2,1-2,4H3/q-1. The van der Waals surface area contributed by atoms with E-state index in [9.17, 15) is 19.8 Å². The van der Waals surface area contributed by atoms with Crippen molar-refractivity contribution in [1.82, 2.24) is 0 Å². The fourth-order valence-electron chi connectivity index (χ4n) is 4.52. The van der Waals surface area contributed by atoms with Gasteiger partial charge in [0.1, 0.15) is 0 Å². The number of hydrogen-bond donors (Lipinski definition) is 2. The van der Waals surface area contributed by atoms with E-state index in [2.05, 4.69) is 41.0 Å². The number of halogens is 5. The zero-order valence-corrected chi connectivity index (χ0v) is 29.8. The van der Waals surface area contributed by atoms with Crippen LogP contribution in [0, 0.1) is 0 Å². The van der Waals surface area contributed by atoms with Crippen LogP contribution in [-0.4, -0.2) is 47.3 Å². The number of Topliss-reactive ketones (excluding diaryl/α,β-unsaturated/α-hetero) is 2. The Morgan fingerprint density at radius 1 is 1.03 bits per heavy atom. The second kappa shape index (κ2) is 11.1. The molecule has 4 unspecified atom stereocenters. The summed E-state index contributed by atoms with van der Waals surface area (Å²) in [6.45, 7) is 4.44. The Balaban J connectivity index is 2.10. The molecule has 1 aliphatic carbocycles. The van der Waals surface area contributed by atoms with E-state index in [1.165, 1.54) is 5.56 Å². The van der Waals surface area contributed by atoms with Gasteiger partial charge in [0.05, 0.1) is 0 Å². The molecular formula is C25H26I5O4-. The summed E-state index contributed by atoms with van der Waals surface area (Å²) in [5.74, 6) is -0.491. The Morgan fingerprint density at radius 2 is 1.62 bits per heavy atom. The average molecular weight is 1020 g/mol. The third kappa shape index (κ3) is 5.36. The molecule has 0 amide bonds. The van der Waals surface area contributed by atoms with E-state index in [0.717, 1.165) is 17.5 Å². The molecule has 0 fully saturated rings. The molecule has 1 aliphatic rings. The van der Waals surface area contributed by atoms with Crippen LogP contribution in [-0.2, 0) is 8.84 Å². The molecule has 4 atom stereocenters. The number of aliphatic hydroxyl groups is 2. The van der Waals surface area contributed by atoms with E-state index in [0.29, 0.717) is 20.0 Å². The van der Waals surface area contributed by atoms with E-state index in [4.69, 9.17) is 0 Å². The quantitative estimate of drug-likeness (QED) is 0.231. The first kappa shape index (κ1) is 29.8. The summed E-state index contributed by atoms with van der Waals surface area (Å²) in [5.41, 5.74) is 4.06. The monoisotopic (exact) mass is 1020 g/mol. The number of carbonyl (C=O) groups is 2. The van der Waals surface area contributed by atoms with Crippen molar-refractivity contribution in [3.63, 3.8) is 0 Å². The number of fused-ring (bicyclic) bond motifs is 1. The maximum absolute atomic E-state index is 13.0. The number of benzene rings is 2. The molecule has 2 aromatic carbocycles. The zero-order chi connectivity index (χ0) is 25.5. The second-order valence-electron chi connectivity index (χ2n) is 8.81. The molecule has 34 heavy (non-hydrogen) atoms. The normalized spacial score (nSPS) is 25.4. The summed E-state index contributed by atoms with van der Waals surface area (Å²) in [5, 5.41) is 21.3. The maximum atomic E-state index is 13.0. The van der Waals surface area contributed by atoms with Gasteiger partial charge in [0.25, 0.3) is 0 Å². The topological polar surface area (TPSA) is 74.6 Å². The van der Waals surface area contributed by atoms with Crippen molar-refractivity contribution >= 4 is 105 Å². The van der Waals surface area contributed by atoms with Gasteiger partial charge in [-0.2, -0.15) is 0 Å². The van der Waals surface area contributed by atoms with Gasteiger partial charge in [0, 0.05) is 4.43 Å². The third-order valence-electron chi connectivity index (χ3n) is 6.57. The Bertz CT molecular complexity index is 1130. The molecular weight excluding hydrogens is 999 g/mol. The SMILES string of the molecule is C=IC1(C)CC(C)(c2ccc(C(=O)C(O)(CI)[I-]C)cc2)c2cc(C(=O)C(O)(I)CI)ccc21. The molecule has 0 spiro atoms. The zero-order valence-electron chi connectivity index (χ0n) is 19.0. The Labute approximate surface area is 262 Å². The van der Waals surface area contributed by atoms with Crippen molar-refractivity contribution in [3.8, 4) is 0 Å². The van der Waals surface area contributed by atoms with Crippen LogP contribution in [0.4, 0.5) is 0 Å². The fraction of sp³-hybridized carbons (Fsp3) is 0.400. The Kier molecular flexibility index (Phi) is 9.76. The van der Waals surface area contributed by atoms with Crippen LogP contribution in [0.1, 0.15) is 57.7 Å².